The summed E-state index contributed by atoms with van der Waals surface area (Å²) in [6.45, 7) is 0. The summed E-state index contributed by atoms with van der Waals surface area (Å²) in [6, 6.07) is 12.6. The van der Waals surface area contributed by atoms with Crippen LogP contribution >= 0.6 is 27.5 Å². The maximum Gasteiger partial charge on any atom is 0.226 e. The predicted molar refractivity (Wildman–Crippen MR) is 107 cm³/mol. The van der Waals surface area contributed by atoms with E-state index in [1.807, 2.05) is 18.2 Å². The molecule has 0 unspecified atom stereocenters. The fourth-order valence-electron chi connectivity index (χ4n) is 2.46. The summed E-state index contributed by atoms with van der Waals surface area (Å²) >= 11 is 9.26. The molecule has 0 atom stereocenters. The molecule has 0 saturated heterocycles. The monoisotopic (exact) mass is 449 g/mol. The number of halogens is 2. The van der Waals surface area contributed by atoms with Crippen LogP contribution in [0, 0.1) is 0 Å². The van der Waals surface area contributed by atoms with Crippen LogP contribution in [-0.2, 0) is 11.2 Å². The zero-order chi connectivity index (χ0) is 19.2. The average Bonchev–Trinajstić information content (AvgIpc) is 3.11. The van der Waals surface area contributed by atoms with Gasteiger partial charge in [-0.3, -0.25) is 4.79 Å². The molecule has 1 N–H and O–H groups in total. The number of rotatable bonds is 7. The molecule has 0 spiro atoms. The summed E-state index contributed by atoms with van der Waals surface area (Å²) in [6.07, 6.45) is 1.43. The van der Waals surface area contributed by atoms with Crippen molar-refractivity contribution >= 4 is 39.1 Å². The van der Waals surface area contributed by atoms with Crippen LogP contribution in [0.2, 0.25) is 5.02 Å². The minimum atomic E-state index is -0.108. The Labute approximate surface area is 170 Å². The highest BCUT2D eigenvalue weighted by atomic mass is 79.9. The van der Waals surface area contributed by atoms with Crippen molar-refractivity contribution in [3.05, 3.63) is 57.9 Å². The number of nitrogens with zero attached hydrogens (tertiary/aromatic N) is 2. The first-order valence-electron chi connectivity index (χ1n) is 8.27. The fraction of sp³-hybridized carbons (Fsp3) is 0.211. The Morgan fingerprint density at radius 1 is 1.26 bits per heavy atom. The van der Waals surface area contributed by atoms with Crippen LogP contribution in [0.15, 0.2) is 51.5 Å². The summed E-state index contributed by atoms with van der Waals surface area (Å²) in [5.41, 5.74) is 1.45. The molecule has 2 aromatic carbocycles. The summed E-state index contributed by atoms with van der Waals surface area (Å²) in [5, 5.41) is 7.46. The highest BCUT2D eigenvalue weighted by Gasteiger charge is 2.11. The first kappa shape index (κ1) is 19.4. The minimum absolute atomic E-state index is 0.108. The Morgan fingerprint density at radius 3 is 2.78 bits per heavy atom. The van der Waals surface area contributed by atoms with Crippen molar-refractivity contribution in [1.82, 2.24) is 10.1 Å². The maximum absolute atomic E-state index is 12.2. The number of ether oxygens (including phenoxy) is 1. The second kappa shape index (κ2) is 9.01. The van der Waals surface area contributed by atoms with Gasteiger partial charge in [-0.1, -0.05) is 32.7 Å². The summed E-state index contributed by atoms with van der Waals surface area (Å²) in [7, 11) is 1.56. The van der Waals surface area contributed by atoms with E-state index in [0.29, 0.717) is 47.4 Å². The number of carbonyl (C=O) groups excluding carboxylic acids is 1. The maximum atomic E-state index is 12.2. The number of aryl methyl sites for hydroxylation is 1. The lowest BCUT2D eigenvalue weighted by molar-refractivity contribution is -0.116. The molecule has 0 fully saturated rings. The van der Waals surface area contributed by atoms with Crippen LogP contribution in [0.3, 0.4) is 0 Å². The third kappa shape index (κ3) is 5.30. The molecule has 0 aliphatic heterocycles. The number of benzene rings is 2. The van der Waals surface area contributed by atoms with Gasteiger partial charge in [-0.15, -0.1) is 0 Å². The molecule has 3 rings (SSSR count). The average molecular weight is 451 g/mol. The van der Waals surface area contributed by atoms with Crippen molar-refractivity contribution < 1.29 is 14.1 Å². The van der Waals surface area contributed by atoms with Gasteiger partial charge in [0, 0.05) is 27.9 Å². The summed E-state index contributed by atoms with van der Waals surface area (Å²) < 4.78 is 11.4. The van der Waals surface area contributed by atoms with Crippen LogP contribution in [-0.4, -0.2) is 23.2 Å². The molecule has 0 aliphatic carbocycles. The Hall–Kier alpha value is -2.38. The van der Waals surface area contributed by atoms with Gasteiger partial charge in [-0.25, -0.2) is 0 Å². The van der Waals surface area contributed by atoms with E-state index in [9.17, 15) is 4.79 Å². The molecular formula is C19H17BrClN3O3. The number of carbonyl (C=O) groups is 1. The molecule has 0 aliphatic rings. The van der Waals surface area contributed by atoms with E-state index in [-0.39, 0.29) is 5.91 Å². The van der Waals surface area contributed by atoms with Crippen molar-refractivity contribution in [3.8, 4) is 17.1 Å². The van der Waals surface area contributed by atoms with Gasteiger partial charge in [-0.2, -0.15) is 4.98 Å². The third-order valence-electron chi connectivity index (χ3n) is 3.80. The van der Waals surface area contributed by atoms with Crippen LogP contribution in [0.5, 0.6) is 5.75 Å². The van der Waals surface area contributed by atoms with Crippen LogP contribution in [0.4, 0.5) is 5.69 Å². The molecule has 1 heterocycles. The molecular weight excluding hydrogens is 434 g/mol. The second-order valence-electron chi connectivity index (χ2n) is 5.76. The molecule has 1 aromatic heterocycles. The number of nitrogens with one attached hydrogen (secondary N) is 1. The third-order valence-corrected chi connectivity index (χ3v) is 4.55. The lowest BCUT2D eigenvalue weighted by atomic mass is 10.2. The number of hydrogen-bond donors (Lipinski definition) is 1. The van der Waals surface area contributed by atoms with Gasteiger partial charge in [0.2, 0.25) is 17.6 Å². The van der Waals surface area contributed by atoms with Crippen LogP contribution in [0.25, 0.3) is 11.4 Å². The SMILES string of the molecule is COc1ccc(Br)cc1NC(=O)CCCc1nc(-c2ccc(Cl)cc2)no1. The first-order valence-corrected chi connectivity index (χ1v) is 9.44. The molecule has 1 amide bonds. The van der Waals surface area contributed by atoms with E-state index < -0.39 is 0 Å². The molecule has 27 heavy (non-hydrogen) atoms. The highest BCUT2D eigenvalue weighted by molar-refractivity contribution is 9.10. The molecule has 6 nitrogen and oxygen atoms in total. The Balaban J connectivity index is 1.52. The standard InChI is InChI=1S/C19H17BrClN3O3/c1-26-16-10-7-13(20)11-15(16)22-17(25)3-2-4-18-23-19(24-27-18)12-5-8-14(21)9-6-12/h5-11H,2-4H2,1H3,(H,22,25). The zero-order valence-electron chi connectivity index (χ0n) is 14.5. The molecule has 8 heteroatoms. The predicted octanol–water partition coefficient (Wildman–Crippen LogP) is 5.12. The number of methoxy groups -OCH3 is 1. The van der Waals surface area contributed by atoms with Gasteiger partial charge in [0.1, 0.15) is 5.75 Å². The van der Waals surface area contributed by atoms with E-state index in [1.165, 1.54) is 0 Å². The van der Waals surface area contributed by atoms with E-state index in [1.54, 1.807) is 31.4 Å². The van der Waals surface area contributed by atoms with E-state index in [0.717, 1.165) is 10.0 Å². The number of hydrogen-bond acceptors (Lipinski definition) is 5. The van der Waals surface area contributed by atoms with Crippen molar-refractivity contribution in [2.75, 3.05) is 12.4 Å². The van der Waals surface area contributed by atoms with Gasteiger partial charge in [0.15, 0.2) is 0 Å². The topological polar surface area (TPSA) is 77.2 Å². The number of amides is 1. The number of anilines is 1. The normalized spacial score (nSPS) is 10.6. The van der Waals surface area contributed by atoms with Crippen molar-refractivity contribution in [2.45, 2.75) is 19.3 Å². The zero-order valence-corrected chi connectivity index (χ0v) is 16.9. The van der Waals surface area contributed by atoms with E-state index in [2.05, 4.69) is 31.4 Å². The molecule has 0 bridgehead atoms. The summed E-state index contributed by atoms with van der Waals surface area (Å²) in [5.74, 6) is 1.50. The quantitative estimate of drug-likeness (QED) is 0.540. The van der Waals surface area contributed by atoms with Gasteiger partial charge in [-0.05, 0) is 48.9 Å². The van der Waals surface area contributed by atoms with Crippen molar-refractivity contribution in [3.63, 3.8) is 0 Å². The van der Waals surface area contributed by atoms with E-state index in [4.69, 9.17) is 20.9 Å². The van der Waals surface area contributed by atoms with Gasteiger partial charge in [0.05, 0.1) is 12.8 Å². The molecule has 0 radical (unpaired) electrons. The summed E-state index contributed by atoms with van der Waals surface area (Å²) in [4.78, 5) is 16.5. The van der Waals surface area contributed by atoms with Crippen LogP contribution in [0.1, 0.15) is 18.7 Å². The Morgan fingerprint density at radius 2 is 2.04 bits per heavy atom. The largest absolute Gasteiger partial charge is 0.495 e. The van der Waals surface area contributed by atoms with Gasteiger partial charge in [0.25, 0.3) is 0 Å². The lowest BCUT2D eigenvalue weighted by Crippen LogP contribution is -2.12. The van der Waals surface area contributed by atoms with Crippen LogP contribution < -0.4 is 10.1 Å². The fourth-order valence-corrected chi connectivity index (χ4v) is 2.95. The Bertz CT molecular complexity index is 928. The van der Waals surface area contributed by atoms with Gasteiger partial charge < -0.3 is 14.6 Å². The van der Waals surface area contributed by atoms with Gasteiger partial charge >= 0.3 is 0 Å². The number of aromatic nitrogens is 2. The van der Waals surface area contributed by atoms with Crippen molar-refractivity contribution in [1.29, 1.82) is 0 Å². The van der Waals surface area contributed by atoms with E-state index >= 15 is 0 Å². The lowest BCUT2D eigenvalue weighted by Gasteiger charge is -2.10. The molecule has 3 aromatic rings. The smallest absolute Gasteiger partial charge is 0.226 e. The first-order chi connectivity index (χ1) is 13.0. The molecule has 140 valence electrons. The second-order valence-corrected chi connectivity index (χ2v) is 7.12. The highest BCUT2D eigenvalue weighted by Crippen LogP contribution is 2.28. The van der Waals surface area contributed by atoms with Crippen molar-refractivity contribution in [2.24, 2.45) is 0 Å². The minimum Gasteiger partial charge on any atom is -0.495 e. The molecule has 0 saturated carbocycles. The Kier molecular flexibility index (Phi) is 6.47.